The smallest absolute Gasteiger partial charge is 0.237 e. The highest BCUT2D eigenvalue weighted by Gasteiger charge is 2.20. The van der Waals surface area contributed by atoms with E-state index >= 15 is 0 Å². The predicted molar refractivity (Wildman–Crippen MR) is 80.4 cm³/mol. The average molecular weight is 283 g/mol. The summed E-state index contributed by atoms with van der Waals surface area (Å²) in [5, 5.41) is 6.96. The maximum Gasteiger partial charge on any atom is 0.237 e. The second-order valence-electron chi connectivity index (χ2n) is 5.90. The van der Waals surface area contributed by atoms with Gasteiger partial charge >= 0.3 is 0 Å². The summed E-state index contributed by atoms with van der Waals surface area (Å²) in [7, 11) is 0. The van der Waals surface area contributed by atoms with Crippen molar-refractivity contribution in [3.05, 3.63) is 34.9 Å². The molecular weight excluding hydrogens is 260 g/mol. The van der Waals surface area contributed by atoms with Crippen molar-refractivity contribution in [1.29, 1.82) is 0 Å². The van der Waals surface area contributed by atoms with Gasteiger partial charge in [0.15, 0.2) is 0 Å². The maximum absolute atomic E-state index is 12.0. The van der Waals surface area contributed by atoms with E-state index in [1.807, 2.05) is 58.9 Å². The number of nitrogens with one attached hydrogen (secondary N) is 2. The summed E-state index contributed by atoms with van der Waals surface area (Å²) in [5.74, 6) is 0.00770. The Balaban J connectivity index is 2.59. The summed E-state index contributed by atoms with van der Waals surface area (Å²) in [5.41, 5.74) is 0.899. The largest absolute Gasteiger partial charge is 0.350 e. The van der Waals surface area contributed by atoms with Crippen LogP contribution < -0.4 is 10.6 Å². The molecule has 1 amide bonds. The quantitative estimate of drug-likeness (QED) is 0.890. The minimum Gasteiger partial charge on any atom is -0.350 e. The highest BCUT2D eigenvalue weighted by Crippen LogP contribution is 2.16. The molecule has 0 aliphatic carbocycles. The summed E-state index contributed by atoms with van der Waals surface area (Å²) in [6, 6.07) is 7.50. The van der Waals surface area contributed by atoms with Crippen LogP contribution in [0.1, 0.15) is 46.2 Å². The monoisotopic (exact) mass is 282 g/mol. The van der Waals surface area contributed by atoms with Gasteiger partial charge in [-0.2, -0.15) is 0 Å². The number of carbonyl (C=O) groups excluding carboxylic acids is 1. The van der Waals surface area contributed by atoms with E-state index in [1.54, 1.807) is 0 Å². The van der Waals surface area contributed by atoms with E-state index in [1.165, 1.54) is 0 Å². The zero-order chi connectivity index (χ0) is 14.6. The average Bonchev–Trinajstić information content (AvgIpc) is 2.27. The number of benzene rings is 1. The Labute approximate surface area is 120 Å². The molecule has 0 aliphatic heterocycles. The molecule has 2 atom stereocenters. The molecule has 1 aromatic carbocycles. The lowest BCUT2D eigenvalue weighted by molar-refractivity contribution is -0.124. The van der Waals surface area contributed by atoms with Gasteiger partial charge in [0, 0.05) is 16.6 Å². The first kappa shape index (κ1) is 16.0. The highest BCUT2D eigenvalue weighted by molar-refractivity contribution is 6.30. The lowest BCUT2D eigenvalue weighted by Crippen LogP contribution is -2.49. The molecule has 0 saturated heterocycles. The van der Waals surface area contributed by atoms with Crippen LogP contribution in [-0.2, 0) is 4.79 Å². The van der Waals surface area contributed by atoms with Gasteiger partial charge in [-0.1, -0.05) is 23.7 Å². The molecule has 0 aliphatic rings. The number of hydrogen-bond acceptors (Lipinski definition) is 2. The molecule has 0 spiro atoms. The lowest BCUT2D eigenvalue weighted by atomic mass is 10.1. The summed E-state index contributed by atoms with van der Waals surface area (Å²) in [6.07, 6.45) is 0. The fourth-order valence-electron chi connectivity index (χ4n) is 1.78. The molecule has 0 fully saturated rings. The van der Waals surface area contributed by atoms with Gasteiger partial charge in [-0.15, -0.1) is 0 Å². The summed E-state index contributed by atoms with van der Waals surface area (Å²) >= 11 is 5.86. The standard InChI is InChI=1S/C15H23ClN2O/c1-10(12-6-8-13(16)9-7-12)17-11(2)14(19)18-15(3,4)5/h6-11,17H,1-5H3,(H,18,19)/t10-,11?/m1/s1. The first-order chi connectivity index (χ1) is 8.69. The first-order valence-electron chi connectivity index (χ1n) is 6.52. The zero-order valence-corrected chi connectivity index (χ0v) is 13.0. The van der Waals surface area contributed by atoms with Crippen LogP contribution in [0.4, 0.5) is 0 Å². The molecule has 19 heavy (non-hydrogen) atoms. The number of hydrogen-bond donors (Lipinski definition) is 2. The second-order valence-corrected chi connectivity index (χ2v) is 6.34. The zero-order valence-electron chi connectivity index (χ0n) is 12.3. The molecule has 1 rings (SSSR count). The third-order valence-electron chi connectivity index (χ3n) is 2.76. The topological polar surface area (TPSA) is 41.1 Å². The Morgan fingerprint density at radius 1 is 1.16 bits per heavy atom. The normalized spacial score (nSPS) is 14.8. The van der Waals surface area contributed by atoms with E-state index in [-0.39, 0.29) is 23.5 Å². The number of halogens is 1. The van der Waals surface area contributed by atoms with Crippen LogP contribution in [0.5, 0.6) is 0 Å². The van der Waals surface area contributed by atoms with Crippen molar-refractivity contribution in [2.24, 2.45) is 0 Å². The van der Waals surface area contributed by atoms with Crippen LogP contribution in [0, 0.1) is 0 Å². The van der Waals surface area contributed by atoms with Crippen LogP contribution >= 0.6 is 11.6 Å². The number of rotatable bonds is 4. The van der Waals surface area contributed by atoms with Crippen molar-refractivity contribution in [2.75, 3.05) is 0 Å². The molecule has 1 aromatic rings. The van der Waals surface area contributed by atoms with E-state index < -0.39 is 0 Å². The van der Waals surface area contributed by atoms with Gasteiger partial charge in [0.25, 0.3) is 0 Å². The molecule has 106 valence electrons. The van der Waals surface area contributed by atoms with E-state index in [2.05, 4.69) is 10.6 Å². The van der Waals surface area contributed by atoms with E-state index in [0.717, 1.165) is 10.6 Å². The minimum atomic E-state index is -0.245. The minimum absolute atomic E-state index is 0.00770. The van der Waals surface area contributed by atoms with Crippen molar-refractivity contribution >= 4 is 17.5 Å². The van der Waals surface area contributed by atoms with Crippen molar-refractivity contribution in [1.82, 2.24) is 10.6 Å². The predicted octanol–water partition coefficient (Wildman–Crippen LogP) is 3.29. The Kier molecular flexibility index (Phi) is 5.39. The van der Waals surface area contributed by atoms with E-state index in [9.17, 15) is 4.79 Å². The fraction of sp³-hybridized carbons (Fsp3) is 0.533. The summed E-state index contributed by atoms with van der Waals surface area (Å²) in [6.45, 7) is 9.82. The molecule has 0 heterocycles. The van der Waals surface area contributed by atoms with Crippen LogP contribution in [0.15, 0.2) is 24.3 Å². The van der Waals surface area contributed by atoms with Crippen molar-refractivity contribution in [3.63, 3.8) is 0 Å². The Bertz CT molecular complexity index is 423. The molecule has 0 aromatic heterocycles. The third kappa shape index (κ3) is 5.62. The lowest BCUT2D eigenvalue weighted by Gasteiger charge is -2.25. The summed E-state index contributed by atoms with van der Waals surface area (Å²) in [4.78, 5) is 12.0. The molecule has 3 nitrogen and oxygen atoms in total. The van der Waals surface area contributed by atoms with E-state index in [0.29, 0.717) is 0 Å². The van der Waals surface area contributed by atoms with Gasteiger partial charge in [-0.3, -0.25) is 10.1 Å². The van der Waals surface area contributed by atoms with Crippen molar-refractivity contribution in [3.8, 4) is 0 Å². The molecule has 0 bridgehead atoms. The SMILES string of the molecule is CC(N[C@H](C)c1ccc(Cl)cc1)C(=O)NC(C)(C)C. The Morgan fingerprint density at radius 3 is 2.16 bits per heavy atom. The fourth-order valence-corrected chi connectivity index (χ4v) is 1.90. The molecule has 0 radical (unpaired) electrons. The molecule has 2 N–H and O–H groups in total. The number of carbonyl (C=O) groups is 1. The molecule has 1 unspecified atom stereocenters. The Morgan fingerprint density at radius 2 is 1.68 bits per heavy atom. The van der Waals surface area contributed by atoms with Crippen LogP contribution in [0.2, 0.25) is 5.02 Å². The molecular formula is C15H23ClN2O. The van der Waals surface area contributed by atoms with Crippen LogP contribution in [0.3, 0.4) is 0 Å². The molecule has 4 heteroatoms. The van der Waals surface area contributed by atoms with Gasteiger partial charge in [0.2, 0.25) is 5.91 Å². The summed E-state index contributed by atoms with van der Waals surface area (Å²) < 4.78 is 0. The highest BCUT2D eigenvalue weighted by atomic mass is 35.5. The second kappa shape index (κ2) is 6.40. The van der Waals surface area contributed by atoms with Gasteiger partial charge in [-0.05, 0) is 52.3 Å². The third-order valence-corrected chi connectivity index (χ3v) is 3.01. The van der Waals surface area contributed by atoms with Crippen LogP contribution in [-0.4, -0.2) is 17.5 Å². The molecule has 0 saturated carbocycles. The first-order valence-corrected chi connectivity index (χ1v) is 6.90. The van der Waals surface area contributed by atoms with Crippen LogP contribution in [0.25, 0.3) is 0 Å². The number of amides is 1. The van der Waals surface area contributed by atoms with Gasteiger partial charge < -0.3 is 5.32 Å². The van der Waals surface area contributed by atoms with Crippen molar-refractivity contribution < 1.29 is 4.79 Å². The van der Waals surface area contributed by atoms with E-state index in [4.69, 9.17) is 11.6 Å². The van der Waals surface area contributed by atoms with Crippen molar-refractivity contribution in [2.45, 2.75) is 52.2 Å². The maximum atomic E-state index is 12.0. The Hall–Kier alpha value is -1.06. The van der Waals surface area contributed by atoms with Gasteiger partial charge in [0.05, 0.1) is 6.04 Å². The van der Waals surface area contributed by atoms with Gasteiger partial charge in [-0.25, -0.2) is 0 Å². The van der Waals surface area contributed by atoms with Gasteiger partial charge in [0.1, 0.15) is 0 Å².